The number of nitrogens with one attached hydrogen (secondary N) is 1. The molecule has 0 aliphatic rings. The standard InChI is InChI=1S/C16H18N4O4/c1-5-24-10-7-6-9(8-11(10)23-4)13-17-14-12(19(13)2)15(21)18-16(22)20(14)3/h6-8H,5H2,1-4H3,(H,18,21,22). The molecule has 0 saturated heterocycles. The molecule has 0 bridgehead atoms. The lowest BCUT2D eigenvalue weighted by molar-refractivity contribution is 0.311. The number of hydrogen-bond donors (Lipinski definition) is 1. The number of ether oxygens (including phenoxy) is 2. The molecule has 2 heterocycles. The van der Waals surface area contributed by atoms with Crippen LogP contribution in [0.25, 0.3) is 22.6 Å². The maximum Gasteiger partial charge on any atom is 0.329 e. The Morgan fingerprint density at radius 2 is 1.92 bits per heavy atom. The molecule has 3 rings (SSSR count). The van der Waals surface area contributed by atoms with E-state index in [1.54, 1.807) is 37.9 Å². The van der Waals surface area contributed by atoms with Gasteiger partial charge in [-0.1, -0.05) is 0 Å². The van der Waals surface area contributed by atoms with E-state index in [4.69, 9.17) is 9.47 Å². The molecule has 0 aliphatic heterocycles. The van der Waals surface area contributed by atoms with E-state index in [1.807, 2.05) is 13.0 Å². The van der Waals surface area contributed by atoms with Crippen LogP contribution in [-0.4, -0.2) is 32.8 Å². The van der Waals surface area contributed by atoms with Crippen molar-refractivity contribution in [3.63, 3.8) is 0 Å². The summed E-state index contributed by atoms with van der Waals surface area (Å²) in [6.07, 6.45) is 0. The first-order valence-corrected chi connectivity index (χ1v) is 7.44. The van der Waals surface area contributed by atoms with Crippen molar-refractivity contribution in [1.82, 2.24) is 19.1 Å². The molecule has 1 aromatic carbocycles. The Balaban J connectivity index is 2.26. The third-order valence-corrected chi connectivity index (χ3v) is 3.86. The first kappa shape index (κ1) is 15.9. The fourth-order valence-electron chi connectivity index (χ4n) is 2.65. The number of benzene rings is 1. The first-order valence-electron chi connectivity index (χ1n) is 7.44. The van der Waals surface area contributed by atoms with Crippen molar-refractivity contribution < 1.29 is 9.47 Å². The van der Waals surface area contributed by atoms with E-state index < -0.39 is 11.2 Å². The Morgan fingerprint density at radius 1 is 1.17 bits per heavy atom. The number of imidazole rings is 1. The van der Waals surface area contributed by atoms with Crippen LogP contribution in [-0.2, 0) is 14.1 Å². The number of H-pyrrole nitrogens is 1. The minimum absolute atomic E-state index is 0.328. The van der Waals surface area contributed by atoms with E-state index in [2.05, 4.69) is 9.97 Å². The van der Waals surface area contributed by atoms with Gasteiger partial charge >= 0.3 is 5.69 Å². The molecule has 0 aliphatic carbocycles. The highest BCUT2D eigenvalue weighted by Gasteiger charge is 2.17. The van der Waals surface area contributed by atoms with Crippen LogP contribution >= 0.6 is 0 Å². The van der Waals surface area contributed by atoms with E-state index in [0.717, 1.165) is 5.56 Å². The number of fused-ring (bicyclic) bond motifs is 1. The molecule has 126 valence electrons. The second kappa shape index (κ2) is 5.88. The second-order valence-electron chi connectivity index (χ2n) is 5.28. The molecule has 3 aromatic rings. The lowest BCUT2D eigenvalue weighted by Crippen LogP contribution is -2.29. The molecule has 0 radical (unpaired) electrons. The van der Waals surface area contributed by atoms with Crippen molar-refractivity contribution in [1.29, 1.82) is 0 Å². The minimum atomic E-state index is -0.499. The van der Waals surface area contributed by atoms with Crippen molar-refractivity contribution in [2.45, 2.75) is 6.92 Å². The van der Waals surface area contributed by atoms with Gasteiger partial charge in [-0.3, -0.25) is 14.3 Å². The summed E-state index contributed by atoms with van der Waals surface area (Å²) in [6.45, 7) is 2.42. The molecule has 24 heavy (non-hydrogen) atoms. The third kappa shape index (κ3) is 2.36. The van der Waals surface area contributed by atoms with E-state index in [9.17, 15) is 9.59 Å². The predicted octanol–water partition coefficient (Wildman–Crippen LogP) is 1.03. The van der Waals surface area contributed by atoms with Gasteiger partial charge in [-0.25, -0.2) is 9.78 Å². The summed E-state index contributed by atoms with van der Waals surface area (Å²) in [7, 11) is 4.86. The zero-order valence-corrected chi connectivity index (χ0v) is 13.9. The maximum atomic E-state index is 12.1. The van der Waals surface area contributed by atoms with Crippen LogP contribution in [0.15, 0.2) is 27.8 Å². The zero-order valence-electron chi connectivity index (χ0n) is 13.9. The Bertz CT molecular complexity index is 1030. The predicted molar refractivity (Wildman–Crippen MR) is 89.7 cm³/mol. The number of aromatic nitrogens is 4. The highest BCUT2D eigenvalue weighted by Crippen LogP contribution is 2.32. The summed E-state index contributed by atoms with van der Waals surface area (Å²) in [5.74, 6) is 1.76. The van der Waals surface area contributed by atoms with Crippen LogP contribution in [0.1, 0.15) is 6.92 Å². The van der Waals surface area contributed by atoms with Crippen LogP contribution in [0.2, 0.25) is 0 Å². The zero-order chi connectivity index (χ0) is 17.4. The van der Waals surface area contributed by atoms with Crippen molar-refractivity contribution in [2.75, 3.05) is 13.7 Å². The van der Waals surface area contributed by atoms with Crippen LogP contribution in [0.5, 0.6) is 11.5 Å². The van der Waals surface area contributed by atoms with Gasteiger partial charge in [-0.05, 0) is 25.1 Å². The SMILES string of the molecule is CCOc1ccc(-c2nc3c(c(=O)[nH]c(=O)n3C)n2C)cc1OC. The lowest BCUT2D eigenvalue weighted by atomic mass is 10.2. The maximum absolute atomic E-state index is 12.1. The second-order valence-corrected chi connectivity index (χ2v) is 5.28. The van der Waals surface area contributed by atoms with Crippen molar-refractivity contribution >= 4 is 11.2 Å². The van der Waals surface area contributed by atoms with Crippen LogP contribution in [0.3, 0.4) is 0 Å². The molecule has 2 aromatic heterocycles. The Labute approximate surface area is 137 Å². The van der Waals surface area contributed by atoms with Crippen LogP contribution < -0.4 is 20.7 Å². The third-order valence-electron chi connectivity index (χ3n) is 3.86. The van der Waals surface area contributed by atoms with Crippen LogP contribution in [0, 0.1) is 0 Å². The Morgan fingerprint density at radius 3 is 2.58 bits per heavy atom. The molecule has 8 nitrogen and oxygen atoms in total. The van der Waals surface area contributed by atoms with E-state index in [1.165, 1.54) is 4.57 Å². The largest absolute Gasteiger partial charge is 0.493 e. The van der Waals surface area contributed by atoms with Gasteiger partial charge in [-0.2, -0.15) is 0 Å². The molecular weight excluding hydrogens is 312 g/mol. The van der Waals surface area contributed by atoms with Gasteiger partial charge in [0.15, 0.2) is 22.7 Å². The molecule has 0 unspecified atom stereocenters. The quantitative estimate of drug-likeness (QED) is 0.771. The van der Waals surface area contributed by atoms with Gasteiger partial charge < -0.3 is 14.0 Å². The number of nitrogens with zero attached hydrogens (tertiary/aromatic N) is 3. The topological polar surface area (TPSA) is 91.1 Å². The molecule has 0 saturated carbocycles. The van der Waals surface area contributed by atoms with Crippen LogP contribution in [0.4, 0.5) is 0 Å². The van der Waals surface area contributed by atoms with Gasteiger partial charge in [0.2, 0.25) is 0 Å². The molecule has 8 heteroatoms. The molecule has 0 atom stereocenters. The average molecular weight is 330 g/mol. The number of aryl methyl sites for hydroxylation is 2. The number of hydrogen-bond acceptors (Lipinski definition) is 5. The molecule has 0 fully saturated rings. The molecule has 0 spiro atoms. The molecular formula is C16H18N4O4. The van der Waals surface area contributed by atoms with E-state index >= 15 is 0 Å². The fraction of sp³-hybridized carbons (Fsp3) is 0.312. The first-order chi connectivity index (χ1) is 11.5. The van der Waals surface area contributed by atoms with Gasteiger partial charge in [0, 0.05) is 19.7 Å². The Kier molecular flexibility index (Phi) is 3.88. The number of aromatic amines is 1. The normalized spacial score (nSPS) is 11.0. The summed E-state index contributed by atoms with van der Waals surface area (Å²) in [5.41, 5.74) is 0.448. The van der Waals surface area contributed by atoms with Gasteiger partial charge in [-0.15, -0.1) is 0 Å². The highest BCUT2D eigenvalue weighted by molar-refractivity contribution is 5.77. The van der Waals surface area contributed by atoms with E-state index in [0.29, 0.717) is 35.1 Å². The summed E-state index contributed by atoms with van der Waals surface area (Å²) in [4.78, 5) is 30.6. The number of rotatable bonds is 4. The smallest absolute Gasteiger partial charge is 0.329 e. The summed E-state index contributed by atoms with van der Waals surface area (Å²) in [5, 5.41) is 0. The Hall–Kier alpha value is -3.03. The monoisotopic (exact) mass is 330 g/mol. The van der Waals surface area contributed by atoms with Crippen molar-refractivity contribution in [3.05, 3.63) is 39.0 Å². The average Bonchev–Trinajstić information content (AvgIpc) is 2.91. The summed E-state index contributed by atoms with van der Waals surface area (Å²) < 4.78 is 13.8. The fourth-order valence-corrected chi connectivity index (χ4v) is 2.65. The van der Waals surface area contributed by atoms with Gasteiger partial charge in [0.25, 0.3) is 5.56 Å². The van der Waals surface area contributed by atoms with Crippen molar-refractivity contribution in [2.24, 2.45) is 14.1 Å². The highest BCUT2D eigenvalue weighted by atomic mass is 16.5. The molecule has 0 amide bonds. The summed E-state index contributed by atoms with van der Waals surface area (Å²) >= 11 is 0. The number of methoxy groups -OCH3 is 1. The van der Waals surface area contributed by atoms with Gasteiger partial charge in [0.1, 0.15) is 5.82 Å². The van der Waals surface area contributed by atoms with E-state index in [-0.39, 0.29) is 0 Å². The van der Waals surface area contributed by atoms with Crippen molar-refractivity contribution in [3.8, 4) is 22.9 Å². The molecule has 1 N–H and O–H groups in total. The van der Waals surface area contributed by atoms with Gasteiger partial charge in [0.05, 0.1) is 13.7 Å². The minimum Gasteiger partial charge on any atom is -0.493 e. The summed E-state index contributed by atoms with van der Waals surface area (Å²) in [6, 6.07) is 5.42. The lowest BCUT2D eigenvalue weighted by Gasteiger charge is -2.10.